The fraction of sp³-hybridized carbons (Fsp3) is 0.167. The van der Waals surface area contributed by atoms with E-state index in [4.69, 9.17) is 14.2 Å². The van der Waals surface area contributed by atoms with Gasteiger partial charge in [-0.3, -0.25) is 0 Å². The van der Waals surface area contributed by atoms with Crippen molar-refractivity contribution in [3.05, 3.63) is 95.6 Å². The monoisotopic (exact) mass is 390 g/mol. The van der Waals surface area contributed by atoms with Crippen molar-refractivity contribution in [3.8, 4) is 11.5 Å². The molecule has 0 aliphatic rings. The van der Waals surface area contributed by atoms with Gasteiger partial charge in [-0.15, -0.1) is 0 Å². The van der Waals surface area contributed by atoms with E-state index in [2.05, 4.69) is 0 Å². The van der Waals surface area contributed by atoms with Crippen LogP contribution in [0.4, 0.5) is 0 Å². The summed E-state index contributed by atoms with van der Waals surface area (Å²) in [6.07, 6.45) is 1.61. The number of rotatable bonds is 8. The second-order valence-electron chi connectivity index (χ2n) is 6.37. The summed E-state index contributed by atoms with van der Waals surface area (Å²) >= 11 is 0. The topological polar surface area (TPSA) is 61.8 Å². The molecule has 0 bridgehead atoms. The summed E-state index contributed by atoms with van der Waals surface area (Å²) in [5, 5.41) is 0. The van der Waals surface area contributed by atoms with Crippen molar-refractivity contribution in [2.45, 2.75) is 12.8 Å². The van der Waals surface area contributed by atoms with Gasteiger partial charge in [-0.25, -0.2) is 9.59 Å². The van der Waals surface area contributed by atoms with E-state index in [1.165, 1.54) is 5.56 Å². The molecule has 0 saturated heterocycles. The first-order valence-corrected chi connectivity index (χ1v) is 9.33. The summed E-state index contributed by atoms with van der Waals surface area (Å²) < 4.78 is 15.7. The van der Waals surface area contributed by atoms with Gasteiger partial charge in [0.05, 0.1) is 24.8 Å². The highest BCUT2D eigenvalue weighted by atomic mass is 16.5. The Hall–Kier alpha value is -3.60. The van der Waals surface area contributed by atoms with Crippen LogP contribution in [0.1, 0.15) is 32.7 Å². The van der Waals surface area contributed by atoms with Crippen LogP contribution >= 0.6 is 0 Å². The van der Waals surface area contributed by atoms with Gasteiger partial charge in [0, 0.05) is 0 Å². The molecule has 0 unspecified atom stereocenters. The third-order valence-electron chi connectivity index (χ3n) is 4.31. The molecule has 0 radical (unpaired) electrons. The summed E-state index contributed by atoms with van der Waals surface area (Å²) in [5.41, 5.74) is 2.04. The van der Waals surface area contributed by atoms with E-state index in [0.29, 0.717) is 29.2 Å². The van der Waals surface area contributed by atoms with Crippen LogP contribution in [-0.4, -0.2) is 25.7 Å². The standard InChI is InChI=1S/C24H22O5/c1-27-21-13-9-20(10-14-21)24(26)29-22-15-11-19(12-16-22)23(25)28-17-5-8-18-6-3-2-4-7-18/h2-4,6-7,9-16H,5,8,17H2,1H3. The van der Waals surface area contributed by atoms with E-state index in [1.807, 2.05) is 30.3 Å². The summed E-state index contributed by atoms with van der Waals surface area (Å²) in [4.78, 5) is 24.3. The molecule has 0 atom stereocenters. The Morgan fingerprint density at radius 1 is 0.724 bits per heavy atom. The zero-order valence-corrected chi connectivity index (χ0v) is 16.2. The molecule has 5 heteroatoms. The normalized spacial score (nSPS) is 10.2. The van der Waals surface area contributed by atoms with Crippen LogP contribution in [-0.2, 0) is 11.2 Å². The molecule has 3 aromatic carbocycles. The predicted molar refractivity (Wildman–Crippen MR) is 109 cm³/mol. The molecule has 148 valence electrons. The Balaban J connectivity index is 1.47. The Bertz CT molecular complexity index is 931. The molecular weight excluding hydrogens is 368 g/mol. The molecule has 0 aliphatic carbocycles. The number of carbonyl (C=O) groups excluding carboxylic acids is 2. The van der Waals surface area contributed by atoms with Crippen molar-refractivity contribution in [1.82, 2.24) is 0 Å². The number of benzene rings is 3. The zero-order valence-electron chi connectivity index (χ0n) is 16.2. The van der Waals surface area contributed by atoms with Crippen LogP contribution in [0.15, 0.2) is 78.9 Å². The van der Waals surface area contributed by atoms with E-state index in [0.717, 1.165) is 12.8 Å². The first kappa shape index (κ1) is 20.1. The van der Waals surface area contributed by atoms with Gasteiger partial charge in [0.15, 0.2) is 0 Å². The Morgan fingerprint density at radius 2 is 1.31 bits per heavy atom. The molecule has 3 rings (SSSR count). The van der Waals surface area contributed by atoms with Gasteiger partial charge in [0.25, 0.3) is 0 Å². The zero-order chi connectivity index (χ0) is 20.5. The summed E-state index contributed by atoms with van der Waals surface area (Å²) in [7, 11) is 1.56. The first-order valence-electron chi connectivity index (χ1n) is 9.33. The molecule has 3 aromatic rings. The van der Waals surface area contributed by atoms with Crippen molar-refractivity contribution in [2.75, 3.05) is 13.7 Å². The van der Waals surface area contributed by atoms with Gasteiger partial charge in [-0.1, -0.05) is 30.3 Å². The lowest BCUT2D eigenvalue weighted by molar-refractivity contribution is 0.0500. The Labute approximate surface area is 169 Å². The molecule has 0 aromatic heterocycles. The molecule has 0 N–H and O–H groups in total. The Morgan fingerprint density at radius 3 is 1.93 bits per heavy atom. The van der Waals surface area contributed by atoms with Crippen LogP contribution in [0.2, 0.25) is 0 Å². The fourth-order valence-electron chi connectivity index (χ4n) is 2.72. The number of aryl methyl sites for hydroxylation is 1. The van der Waals surface area contributed by atoms with Crippen molar-refractivity contribution in [1.29, 1.82) is 0 Å². The predicted octanol–water partition coefficient (Wildman–Crippen LogP) is 4.70. The highest BCUT2D eigenvalue weighted by Crippen LogP contribution is 2.17. The molecule has 0 saturated carbocycles. The third kappa shape index (κ3) is 5.94. The van der Waals surface area contributed by atoms with Crippen LogP contribution in [0.5, 0.6) is 11.5 Å². The van der Waals surface area contributed by atoms with Gasteiger partial charge in [-0.05, 0) is 66.9 Å². The maximum Gasteiger partial charge on any atom is 0.343 e. The SMILES string of the molecule is COc1ccc(C(=O)Oc2ccc(C(=O)OCCCc3ccccc3)cc2)cc1. The molecule has 5 nitrogen and oxygen atoms in total. The van der Waals surface area contributed by atoms with Gasteiger partial charge < -0.3 is 14.2 Å². The number of esters is 2. The lowest BCUT2D eigenvalue weighted by Crippen LogP contribution is -2.09. The number of methoxy groups -OCH3 is 1. The lowest BCUT2D eigenvalue weighted by Gasteiger charge is -2.07. The number of carbonyl (C=O) groups is 2. The third-order valence-corrected chi connectivity index (χ3v) is 4.31. The average molecular weight is 390 g/mol. The van der Waals surface area contributed by atoms with Crippen LogP contribution < -0.4 is 9.47 Å². The van der Waals surface area contributed by atoms with E-state index < -0.39 is 11.9 Å². The maximum absolute atomic E-state index is 12.2. The first-order chi connectivity index (χ1) is 14.2. The van der Waals surface area contributed by atoms with E-state index in [-0.39, 0.29) is 0 Å². The van der Waals surface area contributed by atoms with Crippen molar-refractivity contribution < 1.29 is 23.8 Å². The number of hydrogen-bond donors (Lipinski definition) is 0. The second kappa shape index (κ2) is 10.1. The molecular formula is C24H22O5. The summed E-state index contributed by atoms with van der Waals surface area (Å²) in [5.74, 6) is 0.134. The van der Waals surface area contributed by atoms with Crippen molar-refractivity contribution in [2.24, 2.45) is 0 Å². The minimum absolute atomic E-state index is 0.349. The fourth-order valence-corrected chi connectivity index (χ4v) is 2.72. The van der Waals surface area contributed by atoms with E-state index in [9.17, 15) is 9.59 Å². The van der Waals surface area contributed by atoms with Gasteiger partial charge in [0.1, 0.15) is 11.5 Å². The molecule has 0 spiro atoms. The van der Waals surface area contributed by atoms with Crippen LogP contribution in [0, 0.1) is 0 Å². The quantitative estimate of drug-likeness (QED) is 0.317. The molecule has 0 fully saturated rings. The Kier molecular flexibility index (Phi) is 7.00. The molecule has 0 amide bonds. The molecule has 29 heavy (non-hydrogen) atoms. The van der Waals surface area contributed by atoms with E-state index in [1.54, 1.807) is 55.6 Å². The smallest absolute Gasteiger partial charge is 0.343 e. The highest BCUT2D eigenvalue weighted by molar-refractivity contribution is 5.92. The molecule has 0 aliphatic heterocycles. The maximum atomic E-state index is 12.2. The lowest BCUT2D eigenvalue weighted by atomic mass is 10.1. The average Bonchev–Trinajstić information content (AvgIpc) is 2.78. The minimum atomic E-state index is -0.483. The van der Waals surface area contributed by atoms with Gasteiger partial charge >= 0.3 is 11.9 Å². The summed E-state index contributed by atoms with van der Waals surface area (Å²) in [6, 6.07) is 23.0. The largest absolute Gasteiger partial charge is 0.497 e. The van der Waals surface area contributed by atoms with Crippen molar-refractivity contribution >= 4 is 11.9 Å². The minimum Gasteiger partial charge on any atom is -0.497 e. The highest BCUT2D eigenvalue weighted by Gasteiger charge is 2.11. The van der Waals surface area contributed by atoms with E-state index >= 15 is 0 Å². The molecule has 0 heterocycles. The second-order valence-corrected chi connectivity index (χ2v) is 6.37. The van der Waals surface area contributed by atoms with Crippen molar-refractivity contribution in [3.63, 3.8) is 0 Å². The van der Waals surface area contributed by atoms with Crippen LogP contribution in [0.25, 0.3) is 0 Å². The van der Waals surface area contributed by atoms with Gasteiger partial charge in [-0.2, -0.15) is 0 Å². The number of ether oxygens (including phenoxy) is 3. The van der Waals surface area contributed by atoms with Crippen LogP contribution in [0.3, 0.4) is 0 Å². The van der Waals surface area contributed by atoms with Gasteiger partial charge in [0.2, 0.25) is 0 Å². The number of hydrogen-bond acceptors (Lipinski definition) is 5. The summed E-state index contributed by atoms with van der Waals surface area (Å²) in [6.45, 7) is 0.349.